The van der Waals surface area contributed by atoms with Crippen molar-refractivity contribution in [1.82, 2.24) is 0 Å². The van der Waals surface area contributed by atoms with Gasteiger partial charge in [-0.2, -0.15) is 0 Å². The first kappa shape index (κ1) is 12.2. The van der Waals surface area contributed by atoms with Crippen molar-refractivity contribution < 1.29 is 4.74 Å². The van der Waals surface area contributed by atoms with E-state index in [9.17, 15) is 0 Å². The normalized spacial score (nSPS) is 9.00. The molecule has 74 valence electrons. The molecule has 1 heteroatoms. The zero-order valence-electron chi connectivity index (χ0n) is 9.35. The molecule has 1 rings (SSSR count). The Balaban J connectivity index is 0.000000671. The number of methoxy groups -OCH3 is 1. The van der Waals surface area contributed by atoms with Crippen molar-refractivity contribution in [3.05, 3.63) is 34.9 Å². The minimum Gasteiger partial charge on any atom is -0.380 e. The maximum Gasteiger partial charge on any atom is 0.0715 e. The largest absolute Gasteiger partial charge is 0.380 e. The zero-order valence-corrected chi connectivity index (χ0v) is 9.35. The van der Waals surface area contributed by atoms with Crippen LogP contribution in [0.4, 0.5) is 0 Å². The SMILES string of the molecule is CC.COCc1ccc(C)cc1C. The lowest BCUT2D eigenvalue weighted by Gasteiger charge is -2.04. The molecule has 0 atom stereocenters. The van der Waals surface area contributed by atoms with Crippen LogP contribution in [0.15, 0.2) is 18.2 Å². The van der Waals surface area contributed by atoms with Crippen molar-refractivity contribution in [1.29, 1.82) is 0 Å². The summed E-state index contributed by atoms with van der Waals surface area (Å²) >= 11 is 0. The van der Waals surface area contributed by atoms with Gasteiger partial charge in [0.1, 0.15) is 0 Å². The number of hydrogen-bond donors (Lipinski definition) is 0. The molecule has 13 heavy (non-hydrogen) atoms. The van der Waals surface area contributed by atoms with E-state index >= 15 is 0 Å². The third-order valence-corrected chi connectivity index (χ3v) is 1.80. The molecule has 0 radical (unpaired) electrons. The highest BCUT2D eigenvalue weighted by atomic mass is 16.5. The number of hydrogen-bond acceptors (Lipinski definition) is 1. The summed E-state index contributed by atoms with van der Waals surface area (Å²) in [6.07, 6.45) is 0. The Morgan fingerprint density at radius 3 is 2.23 bits per heavy atom. The molecule has 0 saturated carbocycles. The first-order valence-corrected chi connectivity index (χ1v) is 4.79. The Bertz CT molecular complexity index is 241. The predicted octanol–water partition coefficient (Wildman–Crippen LogP) is 3.48. The summed E-state index contributed by atoms with van der Waals surface area (Å²) in [5.74, 6) is 0. The van der Waals surface area contributed by atoms with Crippen molar-refractivity contribution in [2.75, 3.05) is 7.11 Å². The van der Waals surface area contributed by atoms with Gasteiger partial charge in [0.05, 0.1) is 6.61 Å². The van der Waals surface area contributed by atoms with Crippen LogP contribution in [0.1, 0.15) is 30.5 Å². The van der Waals surface area contributed by atoms with Crippen LogP contribution < -0.4 is 0 Å². The number of aryl methyl sites for hydroxylation is 2. The second-order valence-corrected chi connectivity index (χ2v) is 2.86. The summed E-state index contributed by atoms with van der Waals surface area (Å²) in [5.41, 5.74) is 3.90. The van der Waals surface area contributed by atoms with Crippen molar-refractivity contribution in [3.8, 4) is 0 Å². The fourth-order valence-electron chi connectivity index (χ4n) is 1.16. The Labute approximate surface area is 81.7 Å². The quantitative estimate of drug-likeness (QED) is 0.677. The Morgan fingerprint density at radius 2 is 1.77 bits per heavy atom. The molecule has 0 saturated heterocycles. The van der Waals surface area contributed by atoms with Crippen LogP contribution in [0.3, 0.4) is 0 Å². The molecule has 0 aromatic heterocycles. The van der Waals surface area contributed by atoms with E-state index in [-0.39, 0.29) is 0 Å². The maximum absolute atomic E-state index is 5.05. The summed E-state index contributed by atoms with van der Waals surface area (Å²) < 4.78 is 5.05. The van der Waals surface area contributed by atoms with Crippen molar-refractivity contribution in [3.63, 3.8) is 0 Å². The highest BCUT2D eigenvalue weighted by molar-refractivity contribution is 5.29. The second kappa shape index (κ2) is 6.67. The number of ether oxygens (including phenoxy) is 1. The molecule has 0 aliphatic rings. The van der Waals surface area contributed by atoms with Gasteiger partial charge >= 0.3 is 0 Å². The molecular weight excluding hydrogens is 160 g/mol. The van der Waals surface area contributed by atoms with E-state index in [1.165, 1.54) is 16.7 Å². The minimum absolute atomic E-state index is 0.714. The standard InChI is InChI=1S/C10H14O.C2H6/c1-8-4-5-10(7-11-3)9(2)6-8;1-2/h4-6H,7H2,1-3H3;1-2H3. The van der Waals surface area contributed by atoms with Gasteiger partial charge in [-0.25, -0.2) is 0 Å². The van der Waals surface area contributed by atoms with E-state index in [2.05, 4.69) is 32.0 Å². The molecule has 0 aliphatic heterocycles. The molecule has 0 spiro atoms. The van der Waals surface area contributed by atoms with Gasteiger partial charge in [0.25, 0.3) is 0 Å². The first-order valence-electron chi connectivity index (χ1n) is 4.79. The third-order valence-electron chi connectivity index (χ3n) is 1.80. The summed E-state index contributed by atoms with van der Waals surface area (Å²) in [7, 11) is 1.72. The van der Waals surface area contributed by atoms with E-state index < -0.39 is 0 Å². The van der Waals surface area contributed by atoms with Gasteiger partial charge in [-0.15, -0.1) is 0 Å². The molecule has 0 unspecified atom stereocenters. The van der Waals surface area contributed by atoms with Gasteiger partial charge in [-0.1, -0.05) is 37.6 Å². The number of benzene rings is 1. The van der Waals surface area contributed by atoms with Crippen LogP contribution >= 0.6 is 0 Å². The molecule has 0 fully saturated rings. The van der Waals surface area contributed by atoms with Crippen LogP contribution in [-0.2, 0) is 11.3 Å². The van der Waals surface area contributed by atoms with E-state index in [0.717, 1.165) is 0 Å². The van der Waals surface area contributed by atoms with Gasteiger partial charge in [-0.05, 0) is 25.0 Å². The molecule has 0 N–H and O–H groups in total. The lowest BCUT2D eigenvalue weighted by atomic mass is 10.1. The van der Waals surface area contributed by atoms with Crippen LogP contribution in [0, 0.1) is 13.8 Å². The lowest BCUT2D eigenvalue weighted by Crippen LogP contribution is -1.91. The highest BCUT2D eigenvalue weighted by Gasteiger charge is 1.95. The molecular formula is C12H20O. The minimum atomic E-state index is 0.714. The Hall–Kier alpha value is -0.820. The monoisotopic (exact) mass is 180 g/mol. The smallest absolute Gasteiger partial charge is 0.0715 e. The molecule has 0 amide bonds. The fraction of sp³-hybridized carbons (Fsp3) is 0.500. The van der Waals surface area contributed by atoms with E-state index in [1.807, 2.05) is 13.8 Å². The van der Waals surface area contributed by atoms with Crippen molar-refractivity contribution >= 4 is 0 Å². The average molecular weight is 180 g/mol. The summed E-state index contributed by atoms with van der Waals surface area (Å²) in [6, 6.07) is 6.41. The van der Waals surface area contributed by atoms with Gasteiger partial charge in [0.2, 0.25) is 0 Å². The summed E-state index contributed by atoms with van der Waals surface area (Å²) in [6.45, 7) is 8.93. The highest BCUT2D eigenvalue weighted by Crippen LogP contribution is 2.10. The topological polar surface area (TPSA) is 9.23 Å². The average Bonchev–Trinajstić information content (AvgIpc) is 2.14. The second-order valence-electron chi connectivity index (χ2n) is 2.86. The van der Waals surface area contributed by atoms with E-state index in [0.29, 0.717) is 6.61 Å². The zero-order chi connectivity index (χ0) is 10.3. The van der Waals surface area contributed by atoms with Crippen LogP contribution in [-0.4, -0.2) is 7.11 Å². The molecule has 1 aromatic rings. The van der Waals surface area contributed by atoms with Gasteiger partial charge in [0.15, 0.2) is 0 Å². The fourth-order valence-corrected chi connectivity index (χ4v) is 1.16. The van der Waals surface area contributed by atoms with Crippen LogP contribution in [0.2, 0.25) is 0 Å². The summed E-state index contributed by atoms with van der Waals surface area (Å²) in [5, 5.41) is 0. The van der Waals surface area contributed by atoms with E-state index in [1.54, 1.807) is 7.11 Å². The van der Waals surface area contributed by atoms with Gasteiger partial charge in [-0.3, -0.25) is 0 Å². The molecule has 1 aromatic carbocycles. The molecule has 0 aliphatic carbocycles. The summed E-state index contributed by atoms with van der Waals surface area (Å²) in [4.78, 5) is 0. The lowest BCUT2D eigenvalue weighted by molar-refractivity contribution is 0.184. The van der Waals surface area contributed by atoms with Crippen LogP contribution in [0.5, 0.6) is 0 Å². The van der Waals surface area contributed by atoms with Gasteiger partial charge < -0.3 is 4.74 Å². The number of rotatable bonds is 2. The Kier molecular flexibility index (Phi) is 6.25. The first-order chi connectivity index (χ1) is 6.24. The van der Waals surface area contributed by atoms with Crippen molar-refractivity contribution in [2.24, 2.45) is 0 Å². The van der Waals surface area contributed by atoms with E-state index in [4.69, 9.17) is 4.74 Å². The third kappa shape index (κ3) is 4.09. The molecule has 0 heterocycles. The molecule has 0 bridgehead atoms. The van der Waals surface area contributed by atoms with Crippen molar-refractivity contribution in [2.45, 2.75) is 34.3 Å². The Morgan fingerprint density at radius 1 is 1.15 bits per heavy atom. The van der Waals surface area contributed by atoms with Crippen LogP contribution in [0.25, 0.3) is 0 Å². The molecule has 1 nitrogen and oxygen atoms in total. The predicted molar refractivity (Wildman–Crippen MR) is 58.0 cm³/mol. The maximum atomic E-state index is 5.05. The van der Waals surface area contributed by atoms with Gasteiger partial charge in [0, 0.05) is 7.11 Å².